The van der Waals surface area contributed by atoms with Crippen LogP contribution in [0, 0.1) is 18.8 Å². The van der Waals surface area contributed by atoms with E-state index in [-0.39, 0.29) is 40.1 Å². The number of rotatable bonds is 4. The largest absolute Gasteiger partial charge is 0.507 e. The van der Waals surface area contributed by atoms with E-state index in [4.69, 9.17) is 30.1 Å². The normalized spacial score (nSPS) is 28.5. The van der Waals surface area contributed by atoms with Gasteiger partial charge in [-0.25, -0.2) is 14.8 Å². The Morgan fingerprint density at radius 3 is 2.64 bits per heavy atom. The number of aromatic hydroxyl groups is 1. The molecule has 1 spiro atoms. The van der Waals surface area contributed by atoms with Gasteiger partial charge < -0.3 is 35.2 Å². The summed E-state index contributed by atoms with van der Waals surface area (Å²) in [6.07, 6.45) is 7.33. The van der Waals surface area contributed by atoms with Gasteiger partial charge in [0, 0.05) is 41.3 Å². The third-order valence-corrected chi connectivity index (χ3v) is 10.2. The molecule has 0 radical (unpaired) electrons. The Morgan fingerprint density at radius 1 is 1.04 bits per heavy atom. The molecule has 11 heteroatoms. The number of epoxide rings is 1. The van der Waals surface area contributed by atoms with Crippen LogP contribution < -0.4 is 21.6 Å². The molecule has 6 unspecified atom stereocenters. The number of nitrogens with two attached hydrogens (primary N) is 2. The molecule has 6 atom stereocenters. The lowest BCUT2D eigenvalue weighted by molar-refractivity contribution is -0.172. The number of esters is 1. The van der Waals surface area contributed by atoms with Crippen LogP contribution in [0.3, 0.4) is 0 Å². The Hall–Kier alpha value is -4.90. The fraction of sp³-hybridized carbons (Fsp3) is 0.389. The number of phenols is 1. The van der Waals surface area contributed by atoms with Gasteiger partial charge in [-0.3, -0.25) is 4.79 Å². The predicted octanol–water partition coefficient (Wildman–Crippen LogP) is 4.96. The molecule has 4 aromatic rings. The minimum Gasteiger partial charge on any atom is -0.507 e. The second kappa shape index (κ2) is 10.3. The van der Waals surface area contributed by atoms with Crippen molar-refractivity contribution in [3.63, 3.8) is 0 Å². The van der Waals surface area contributed by atoms with E-state index in [0.717, 1.165) is 17.5 Å². The number of phenolic OH excluding ortho intramolecular Hbond substituents is 1. The zero-order chi connectivity index (χ0) is 32.8. The molecule has 7 heterocycles. The van der Waals surface area contributed by atoms with E-state index in [0.29, 0.717) is 53.7 Å². The first-order chi connectivity index (χ1) is 22.4. The minimum atomic E-state index is -1.13. The first-order valence-corrected chi connectivity index (χ1v) is 16.0. The van der Waals surface area contributed by atoms with E-state index in [1.54, 1.807) is 25.3 Å². The number of carbonyl (C=O) groups is 1. The molecule has 0 amide bonds. The summed E-state index contributed by atoms with van der Waals surface area (Å²) in [4.78, 5) is 35.8. The summed E-state index contributed by atoms with van der Waals surface area (Å²) < 4.78 is 25.0. The number of aryl methyl sites for hydroxylation is 2. The summed E-state index contributed by atoms with van der Waals surface area (Å²) in [6.45, 7) is 5.44. The Bertz CT molecular complexity index is 2060. The molecule has 2 fully saturated rings. The molecule has 5 N–H and O–H groups in total. The van der Waals surface area contributed by atoms with Gasteiger partial charge in [-0.15, -0.1) is 0 Å². The quantitative estimate of drug-likeness (QED) is 0.157. The Kier molecular flexibility index (Phi) is 6.47. The van der Waals surface area contributed by atoms with Gasteiger partial charge in [-0.05, 0) is 82.2 Å². The molecule has 2 bridgehead atoms. The zero-order valence-corrected chi connectivity index (χ0v) is 26.4. The highest BCUT2D eigenvalue weighted by Gasteiger charge is 2.69. The molecule has 3 aromatic heterocycles. The second-order valence-electron chi connectivity index (χ2n) is 13.7. The van der Waals surface area contributed by atoms with E-state index >= 15 is 0 Å². The van der Waals surface area contributed by atoms with E-state index in [9.17, 15) is 14.7 Å². The molecule has 2 saturated heterocycles. The highest BCUT2D eigenvalue weighted by molar-refractivity contribution is 5.88. The van der Waals surface area contributed by atoms with Gasteiger partial charge in [0.05, 0.1) is 11.8 Å². The molecule has 242 valence electrons. The number of hydrogen-bond donors (Lipinski definition) is 3. The highest BCUT2D eigenvalue weighted by Crippen LogP contribution is 2.58. The van der Waals surface area contributed by atoms with Crippen molar-refractivity contribution in [2.75, 3.05) is 11.5 Å². The Balaban J connectivity index is 1.11. The molecule has 4 aliphatic heterocycles. The van der Waals surface area contributed by atoms with Gasteiger partial charge in [0.15, 0.2) is 11.0 Å². The number of nitrogens with zero attached hydrogens (tertiary/aromatic N) is 2. The third kappa shape index (κ3) is 4.66. The molecule has 0 saturated carbocycles. The van der Waals surface area contributed by atoms with Crippen LogP contribution in [-0.2, 0) is 20.7 Å². The van der Waals surface area contributed by atoms with Crippen molar-refractivity contribution in [3.8, 4) is 22.8 Å². The molecule has 5 aliphatic rings. The fourth-order valence-electron chi connectivity index (χ4n) is 8.05. The molecule has 1 aliphatic carbocycles. The van der Waals surface area contributed by atoms with Crippen molar-refractivity contribution in [3.05, 3.63) is 81.9 Å². The van der Waals surface area contributed by atoms with Gasteiger partial charge in [0.2, 0.25) is 0 Å². The first kappa shape index (κ1) is 29.5. The fourth-order valence-corrected chi connectivity index (χ4v) is 8.05. The van der Waals surface area contributed by atoms with Crippen molar-refractivity contribution in [2.45, 2.75) is 75.8 Å². The maximum absolute atomic E-state index is 14.3. The number of benzene rings is 1. The van der Waals surface area contributed by atoms with Crippen molar-refractivity contribution in [1.82, 2.24) is 9.97 Å². The van der Waals surface area contributed by atoms with Crippen molar-refractivity contribution >= 4 is 28.6 Å². The number of hydrogen-bond acceptors (Lipinski definition) is 11. The number of nitrogen functional groups attached to an aromatic ring is 2. The zero-order valence-electron chi connectivity index (χ0n) is 26.4. The summed E-state index contributed by atoms with van der Waals surface area (Å²) in [5.74, 6) is 0.313. The van der Waals surface area contributed by atoms with Crippen LogP contribution in [0.1, 0.15) is 55.9 Å². The smallest absolute Gasteiger partial charge is 0.342 e. The lowest BCUT2D eigenvalue weighted by Crippen LogP contribution is -2.53. The number of anilines is 2. The van der Waals surface area contributed by atoms with Crippen LogP contribution in [-0.4, -0.2) is 44.5 Å². The summed E-state index contributed by atoms with van der Waals surface area (Å²) in [5, 5.41) is 11.7. The van der Waals surface area contributed by atoms with E-state index in [2.05, 4.69) is 22.1 Å². The molecular formula is C36H36N4O7. The Labute approximate surface area is 270 Å². The van der Waals surface area contributed by atoms with Crippen molar-refractivity contribution in [1.29, 1.82) is 0 Å². The van der Waals surface area contributed by atoms with Crippen LogP contribution >= 0.6 is 0 Å². The third-order valence-electron chi connectivity index (χ3n) is 10.2. The number of ether oxygens (including phenoxy) is 3. The van der Waals surface area contributed by atoms with Gasteiger partial charge in [0.1, 0.15) is 51.6 Å². The molecule has 9 rings (SSSR count). The number of pyridine rings is 2. The van der Waals surface area contributed by atoms with E-state index < -0.39 is 29.2 Å². The number of allylic oxidation sites excluding steroid dienone is 1. The maximum atomic E-state index is 14.3. The molecule has 1 aromatic carbocycles. The van der Waals surface area contributed by atoms with Crippen LogP contribution in [0.5, 0.6) is 11.5 Å². The maximum Gasteiger partial charge on any atom is 0.342 e. The van der Waals surface area contributed by atoms with Crippen molar-refractivity contribution < 1.29 is 28.5 Å². The van der Waals surface area contributed by atoms with Gasteiger partial charge in [-0.2, -0.15) is 0 Å². The second-order valence-corrected chi connectivity index (χ2v) is 13.7. The van der Waals surface area contributed by atoms with Gasteiger partial charge in [0.25, 0.3) is 0 Å². The lowest BCUT2D eigenvalue weighted by atomic mass is 9.69. The molecule has 47 heavy (non-hydrogen) atoms. The molecule has 11 nitrogen and oxygen atoms in total. The van der Waals surface area contributed by atoms with E-state index in [1.165, 1.54) is 6.07 Å². The topological polar surface area (TPSA) is 176 Å². The minimum absolute atomic E-state index is 0.0698. The van der Waals surface area contributed by atoms with Crippen LogP contribution in [0.2, 0.25) is 0 Å². The molecular weight excluding hydrogens is 600 g/mol. The number of aromatic nitrogens is 2. The van der Waals surface area contributed by atoms with Crippen LogP contribution in [0.15, 0.2) is 64.0 Å². The summed E-state index contributed by atoms with van der Waals surface area (Å²) in [7, 11) is 0. The van der Waals surface area contributed by atoms with Gasteiger partial charge in [-0.1, -0.05) is 12.2 Å². The average Bonchev–Trinajstić information content (AvgIpc) is 3.74. The summed E-state index contributed by atoms with van der Waals surface area (Å²) in [5.41, 5.74) is 12.8. The highest BCUT2D eigenvalue weighted by atomic mass is 16.7. The van der Waals surface area contributed by atoms with Crippen molar-refractivity contribution in [2.24, 2.45) is 11.8 Å². The SMILES string of the molecule is Cc1cc(=O)c2c(O)c3c(cc2o1)OC(C)(C)C1OC(=O)C2(OC2CCc2cc(N)nc(-c4ccnc(N)c4)c2)C2C=CC(CC2)C31. The number of carbonyl (C=O) groups excluding carboxylic acids is 1. The van der Waals surface area contributed by atoms with Gasteiger partial charge >= 0.3 is 5.97 Å². The van der Waals surface area contributed by atoms with Crippen LogP contribution in [0.4, 0.5) is 11.6 Å². The summed E-state index contributed by atoms with van der Waals surface area (Å²) in [6, 6.07) is 10.4. The first-order valence-electron chi connectivity index (χ1n) is 16.0. The van der Waals surface area contributed by atoms with Crippen LogP contribution in [0.25, 0.3) is 22.2 Å². The summed E-state index contributed by atoms with van der Waals surface area (Å²) >= 11 is 0. The Morgan fingerprint density at radius 2 is 1.87 bits per heavy atom. The number of fused-ring (bicyclic) bond motifs is 4. The monoisotopic (exact) mass is 636 g/mol. The lowest BCUT2D eigenvalue weighted by Gasteiger charge is -2.46. The standard InChI is InChI=1S/C36H36N4O7/c1-17-12-23(41)30-24(44-17)16-25-31(32(30)42)29-19-5-7-21(8-6-19)36(34(43)45-33(29)35(2,3)46-25)26(47-36)9-4-18-13-22(40-28(38)14-18)20-10-11-39-27(37)15-20/h5,7,10-16,19,21,26,29,33,42H,4,6,8-9H2,1-3H3,(H2,37,39)(H2,38,40). The van der Waals surface area contributed by atoms with E-state index in [1.807, 2.05) is 32.0 Å². The average molecular weight is 637 g/mol. The predicted molar refractivity (Wildman–Crippen MR) is 174 cm³/mol.